The van der Waals surface area contributed by atoms with Crippen LogP contribution in [0.5, 0.6) is 0 Å². The van der Waals surface area contributed by atoms with E-state index in [9.17, 15) is 9.90 Å². The topological polar surface area (TPSA) is 67.8 Å². The van der Waals surface area contributed by atoms with E-state index in [4.69, 9.17) is 9.47 Å². The fraction of sp³-hybridized carbons (Fsp3) is 0.182. The molecule has 1 aliphatic carbocycles. The molecule has 5 nitrogen and oxygen atoms in total. The number of rotatable bonds is 7. The van der Waals surface area contributed by atoms with Crippen LogP contribution in [0.3, 0.4) is 0 Å². The number of carbonyl (C=O) groups is 1. The number of carbonyl (C=O) groups excluding carboxylic acids is 1. The van der Waals surface area contributed by atoms with E-state index in [1.807, 2.05) is 60.7 Å². The van der Waals surface area contributed by atoms with Gasteiger partial charge < -0.3 is 19.9 Å². The van der Waals surface area contributed by atoms with Crippen molar-refractivity contribution in [2.75, 3.05) is 5.32 Å². The quantitative estimate of drug-likeness (QED) is 0.273. The van der Waals surface area contributed by atoms with E-state index < -0.39 is 6.29 Å². The molecule has 0 bridgehead atoms. The third-order valence-electron chi connectivity index (χ3n) is 7.20. The fourth-order valence-electron chi connectivity index (χ4n) is 5.19. The van der Waals surface area contributed by atoms with Crippen molar-refractivity contribution < 1.29 is 19.4 Å². The van der Waals surface area contributed by atoms with Crippen molar-refractivity contribution in [1.29, 1.82) is 0 Å². The van der Waals surface area contributed by atoms with E-state index in [1.54, 1.807) is 0 Å². The lowest BCUT2D eigenvalue weighted by atomic mass is 9.90. The summed E-state index contributed by atoms with van der Waals surface area (Å²) in [6.07, 6.45) is 2.85. The number of aliphatic hydroxyl groups excluding tert-OH is 1. The molecule has 0 unspecified atom stereocenters. The number of ether oxygens (including phenoxy) is 2. The van der Waals surface area contributed by atoms with Gasteiger partial charge in [-0.25, -0.2) is 0 Å². The van der Waals surface area contributed by atoms with Gasteiger partial charge in [-0.1, -0.05) is 84.9 Å². The molecule has 0 aromatic heterocycles. The Morgan fingerprint density at radius 1 is 0.868 bits per heavy atom. The molecule has 0 spiro atoms. The molecule has 1 heterocycles. The molecule has 4 aromatic carbocycles. The van der Waals surface area contributed by atoms with Crippen LogP contribution in [-0.4, -0.2) is 17.3 Å². The molecular formula is C33H29NO4. The van der Waals surface area contributed by atoms with Gasteiger partial charge in [-0.3, -0.25) is 4.79 Å². The van der Waals surface area contributed by atoms with E-state index in [0.717, 1.165) is 23.1 Å². The van der Waals surface area contributed by atoms with Crippen LogP contribution in [0.1, 0.15) is 40.2 Å². The Morgan fingerprint density at radius 2 is 1.61 bits per heavy atom. The number of anilines is 1. The molecule has 0 fully saturated rings. The first-order valence-corrected chi connectivity index (χ1v) is 12.9. The highest BCUT2D eigenvalue weighted by atomic mass is 16.7. The van der Waals surface area contributed by atoms with Gasteiger partial charge in [0.05, 0.1) is 13.2 Å². The zero-order chi connectivity index (χ0) is 25.9. The summed E-state index contributed by atoms with van der Waals surface area (Å²) in [5.74, 6) is -0.0686. The van der Waals surface area contributed by atoms with Crippen LogP contribution in [0, 0.1) is 0 Å². The fourth-order valence-corrected chi connectivity index (χ4v) is 5.19. The molecule has 2 aliphatic rings. The van der Waals surface area contributed by atoms with Gasteiger partial charge in [-0.2, -0.15) is 0 Å². The van der Waals surface area contributed by atoms with E-state index in [1.165, 1.54) is 22.3 Å². The third kappa shape index (κ3) is 5.12. The Morgan fingerprint density at radius 3 is 2.42 bits per heavy atom. The average molecular weight is 504 g/mol. The minimum atomic E-state index is -0.579. The molecule has 0 radical (unpaired) electrons. The number of aliphatic hydroxyl groups is 1. The van der Waals surface area contributed by atoms with Crippen LogP contribution >= 0.6 is 0 Å². The second-order valence-corrected chi connectivity index (χ2v) is 9.78. The van der Waals surface area contributed by atoms with Crippen molar-refractivity contribution in [1.82, 2.24) is 0 Å². The van der Waals surface area contributed by atoms with Crippen LogP contribution in [0.2, 0.25) is 0 Å². The number of para-hydroxylation sites is 1. The Balaban J connectivity index is 1.24. The SMILES string of the molecule is O=C(Nc1ccccc1)C1=C[C@H](c2ccc3c(c2)Cc2ccccc2-3)C[C@H](OCc2ccc(CO)cc2)O1. The predicted molar refractivity (Wildman–Crippen MR) is 147 cm³/mol. The van der Waals surface area contributed by atoms with Gasteiger partial charge in [0.1, 0.15) is 0 Å². The lowest BCUT2D eigenvalue weighted by molar-refractivity contribution is -0.147. The first-order chi connectivity index (χ1) is 18.7. The summed E-state index contributed by atoms with van der Waals surface area (Å²) in [5, 5.41) is 12.2. The molecule has 4 aromatic rings. The molecule has 38 heavy (non-hydrogen) atoms. The number of hydrogen-bond donors (Lipinski definition) is 2. The Hall–Kier alpha value is -4.19. The monoisotopic (exact) mass is 503 g/mol. The summed E-state index contributed by atoms with van der Waals surface area (Å²) in [6, 6.07) is 32.1. The number of benzene rings is 4. The maximum Gasteiger partial charge on any atom is 0.290 e. The lowest BCUT2D eigenvalue weighted by Crippen LogP contribution is -2.29. The third-order valence-corrected chi connectivity index (χ3v) is 7.20. The van der Waals surface area contributed by atoms with E-state index in [2.05, 4.69) is 47.8 Å². The molecule has 0 saturated heterocycles. The summed E-state index contributed by atoms with van der Waals surface area (Å²) in [7, 11) is 0. The second-order valence-electron chi connectivity index (χ2n) is 9.78. The van der Waals surface area contributed by atoms with Crippen molar-refractivity contribution in [2.24, 2.45) is 0 Å². The zero-order valence-electron chi connectivity index (χ0n) is 21.0. The number of hydrogen-bond acceptors (Lipinski definition) is 4. The maximum atomic E-state index is 13.2. The van der Waals surface area contributed by atoms with Gasteiger partial charge in [0.15, 0.2) is 5.76 Å². The van der Waals surface area contributed by atoms with Crippen molar-refractivity contribution in [2.45, 2.75) is 38.3 Å². The van der Waals surface area contributed by atoms with Crippen LogP contribution in [0.4, 0.5) is 5.69 Å². The van der Waals surface area contributed by atoms with Gasteiger partial charge in [0, 0.05) is 18.0 Å². The first kappa shape index (κ1) is 24.2. The molecule has 6 rings (SSSR count). The molecule has 0 saturated carbocycles. The van der Waals surface area contributed by atoms with Crippen molar-refractivity contribution in [3.8, 4) is 11.1 Å². The molecule has 190 valence electrons. The lowest BCUT2D eigenvalue weighted by Gasteiger charge is -2.29. The van der Waals surface area contributed by atoms with Gasteiger partial charge in [-0.05, 0) is 63.6 Å². The average Bonchev–Trinajstić information content (AvgIpc) is 3.34. The van der Waals surface area contributed by atoms with Crippen LogP contribution < -0.4 is 5.32 Å². The van der Waals surface area contributed by atoms with E-state index in [0.29, 0.717) is 18.7 Å². The largest absolute Gasteiger partial charge is 0.459 e. The predicted octanol–water partition coefficient (Wildman–Crippen LogP) is 6.32. The zero-order valence-corrected chi connectivity index (χ0v) is 21.0. The smallest absolute Gasteiger partial charge is 0.290 e. The standard InChI is InChI=1S/C33H29NO4/c35-20-22-10-12-23(13-11-22)21-37-32-19-26(18-31(38-32)33(36)34-28-7-2-1-3-8-28)24-14-15-30-27(16-24)17-25-6-4-5-9-29(25)30/h1-16,18,26,32,35H,17,19-21H2,(H,34,36)/t26-,32+/m0/s1. The highest BCUT2D eigenvalue weighted by Gasteiger charge is 2.30. The van der Waals surface area contributed by atoms with Crippen LogP contribution in [-0.2, 0) is 33.9 Å². The van der Waals surface area contributed by atoms with Crippen LogP contribution in [0.25, 0.3) is 11.1 Å². The minimum Gasteiger partial charge on any atom is -0.459 e. The number of fused-ring (bicyclic) bond motifs is 3. The van der Waals surface area contributed by atoms with E-state index in [-0.39, 0.29) is 24.2 Å². The Kier molecular flexibility index (Phi) is 6.78. The Labute approximate surface area is 222 Å². The summed E-state index contributed by atoms with van der Waals surface area (Å²) in [4.78, 5) is 13.2. The summed E-state index contributed by atoms with van der Waals surface area (Å²) in [6.45, 7) is 0.348. The molecule has 1 amide bonds. The van der Waals surface area contributed by atoms with Crippen molar-refractivity contribution in [3.63, 3.8) is 0 Å². The van der Waals surface area contributed by atoms with Crippen molar-refractivity contribution >= 4 is 11.6 Å². The van der Waals surface area contributed by atoms with Gasteiger partial charge in [0.25, 0.3) is 5.91 Å². The highest BCUT2D eigenvalue weighted by molar-refractivity contribution is 6.02. The summed E-state index contributed by atoms with van der Waals surface area (Å²) < 4.78 is 12.2. The minimum absolute atomic E-state index is 0.00505. The number of amides is 1. The molecular weight excluding hydrogens is 474 g/mol. The second kappa shape index (κ2) is 10.7. The molecule has 2 N–H and O–H groups in total. The highest BCUT2D eigenvalue weighted by Crippen LogP contribution is 2.40. The number of nitrogens with one attached hydrogen (secondary N) is 1. The summed E-state index contributed by atoms with van der Waals surface area (Å²) in [5.41, 5.74) is 8.91. The molecule has 1 aliphatic heterocycles. The normalized spacial score (nSPS) is 17.7. The van der Waals surface area contributed by atoms with Gasteiger partial charge in [-0.15, -0.1) is 0 Å². The maximum absolute atomic E-state index is 13.2. The van der Waals surface area contributed by atoms with Gasteiger partial charge >= 0.3 is 0 Å². The molecule has 2 atom stereocenters. The number of allylic oxidation sites excluding steroid dienone is 1. The Bertz CT molecular complexity index is 1480. The summed E-state index contributed by atoms with van der Waals surface area (Å²) >= 11 is 0. The van der Waals surface area contributed by atoms with E-state index >= 15 is 0 Å². The molecule has 5 heteroatoms. The van der Waals surface area contributed by atoms with Crippen LogP contribution in [0.15, 0.2) is 109 Å². The van der Waals surface area contributed by atoms with Gasteiger partial charge in [0.2, 0.25) is 6.29 Å². The first-order valence-electron chi connectivity index (χ1n) is 12.9. The van der Waals surface area contributed by atoms with Crippen molar-refractivity contribution in [3.05, 3.63) is 137 Å².